The maximum absolute atomic E-state index is 5.44. The van der Waals surface area contributed by atoms with Crippen LogP contribution in [0.3, 0.4) is 0 Å². The Morgan fingerprint density at radius 2 is 2.33 bits per heavy atom. The van der Waals surface area contributed by atoms with E-state index in [2.05, 4.69) is 41.6 Å². The normalized spacial score (nSPS) is 20.9. The Morgan fingerprint density at radius 1 is 1.50 bits per heavy atom. The molecule has 0 aliphatic carbocycles. The van der Waals surface area contributed by atoms with Crippen LogP contribution in [0.1, 0.15) is 12.5 Å². The zero-order valence-electron chi connectivity index (χ0n) is 11.4. The van der Waals surface area contributed by atoms with E-state index in [4.69, 9.17) is 4.74 Å². The van der Waals surface area contributed by atoms with Crippen LogP contribution in [0.25, 0.3) is 0 Å². The van der Waals surface area contributed by atoms with Gasteiger partial charge in [-0.25, -0.2) is 0 Å². The molecule has 1 heterocycles. The Bertz CT molecular complexity index is 397. The number of rotatable bonds is 4. The molecule has 1 saturated heterocycles. The minimum atomic E-state index is 0.589. The summed E-state index contributed by atoms with van der Waals surface area (Å²) in [5.74, 6) is 0.989. The van der Waals surface area contributed by atoms with Crippen molar-refractivity contribution >= 4 is 11.8 Å². The average molecular weight is 266 g/mol. The summed E-state index contributed by atoms with van der Waals surface area (Å²) in [7, 11) is 1.74. The molecule has 0 aromatic heterocycles. The van der Waals surface area contributed by atoms with E-state index in [0.717, 1.165) is 31.9 Å². The number of methoxy groups -OCH3 is 1. The fourth-order valence-corrected chi connectivity index (χ4v) is 2.94. The number of thioether (sulfide) groups is 1. The Balaban J connectivity index is 2.04. The van der Waals surface area contributed by atoms with Gasteiger partial charge in [-0.05, 0) is 30.9 Å². The highest BCUT2D eigenvalue weighted by Crippen LogP contribution is 2.28. The predicted octanol–water partition coefficient (Wildman–Crippen LogP) is 2.21. The molecule has 3 nitrogen and oxygen atoms in total. The van der Waals surface area contributed by atoms with Crippen LogP contribution in [0.5, 0.6) is 5.75 Å². The average Bonchev–Trinajstić information content (AvgIpc) is 2.38. The second-order valence-corrected chi connectivity index (χ2v) is 5.63. The van der Waals surface area contributed by atoms with Gasteiger partial charge in [0.1, 0.15) is 5.75 Å². The van der Waals surface area contributed by atoms with Gasteiger partial charge in [-0.15, -0.1) is 11.8 Å². The first-order chi connectivity index (χ1) is 8.72. The molecule has 0 bridgehead atoms. The van der Waals surface area contributed by atoms with Crippen molar-refractivity contribution in [1.82, 2.24) is 10.2 Å². The number of nitrogens with one attached hydrogen (secondary N) is 1. The molecular formula is C14H22N2OS. The van der Waals surface area contributed by atoms with Crippen LogP contribution < -0.4 is 10.1 Å². The molecule has 1 aromatic rings. The van der Waals surface area contributed by atoms with E-state index >= 15 is 0 Å². The monoisotopic (exact) mass is 266 g/mol. The van der Waals surface area contributed by atoms with Crippen molar-refractivity contribution < 1.29 is 4.74 Å². The fourth-order valence-electron chi connectivity index (χ4n) is 2.39. The molecule has 4 heteroatoms. The maximum atomic E-state index is 5.44. The third-order valence-electron chi connectivity index (χ3n) is 3.31. The first-order valence-corrected chi connectivity index (χ1v) is 7.62. The highest BCUT2D eigenvalue weighted by Gasteiger charge is 2.16. The van der Waals surface area contributed by atoms with Gasteiger partial charge < -0.3 is 10.1 Å². The summed E-state index contributed by atoms with van der Waals surface area (Å²) in [5.41, 5.74) is 1.33. The van der Waals surface area contributed by atoms with Crippen LogP contribution in [-0.4, -0.2) is 43.9 Å². The van der Waals surface area contributed by atoms with Crippen molar-refractivity contribution in [2.24, 2.45) is 0 Å². The standard InChI is InChI=1S/C14H22N2OS/c1-11-9-16(7-6-15-11)10-12-4-5-14(18-3)13(8-12)17-2/h4-5,8,11,15H,6-7,9-10H2,1-3H3/t11-/m1/s1. The quantitative estimate of drug-likeness (QED) is 0.845. The molecular weight excluding hydrogens is 244 g/mol. The summed E-state index contributed by atoms with van der Waals surface area (Å²) in [4.78, 5) is 3.70. The van der Waals surface area contributed by atoms with E-state index in [1.54, 1.807) is 18.9 Å². The molecule has 2 rings (SSSR count). The zero-order chi connectivity index (χ0) is 13.0. The first-order valence-electron chi connectivity index (χ1n) is 6.39. The largest absolute Gasteiger partial charge is 0.496 e. The Kier molecular flexibility index (Phi) is 4.92. The van der Waals surface area contributed by atoms with Crippen LogP contribution >= 0.6 is 11.8 Å². The second-order valence-electron chi connectivity index (χ2n) is 4.78. The van der Waals surface area contributed by atoms with Gasteiger partial charge in [-0.2, -0.15) is 0 Å². The predicted molar refractivity (Wildman–Crippen MR) is 77.5 cm³/mol. The molecule has 1 N–H and O–H groups in total. The lowest BCUT2D eigenvalue weighted by Gasteiger charge is -2.31. The van der Waals surface area contributed by atoms with Crippen molar-refractivity contribution in [3.05, 3.63) is 23.8 Å². The van der Waals surface area contributed by atoms with Gasteiger partial charge >= 0.3 is 0 Å². The third kappa shape index (κ3) is 3.40. The lowest BCUT2D eigenvalue weighted by Crippen LogP contribution is -2.48. The topological polar surface area (TPSA) is 24.5 Å². The second kappa shape index (κ2) is 6.45. The highest BCUT2D eigenvalue weighted by atomic mass is 32.2. The van der Waals surface area contributed by atoms with Gasteiger partial charge in [0.05, 0.1) is 7.11 Å². The fraction of sp³-hybridized carbons (Fsp3) is 0.571. The SMILES string of the molecule is COc1cc(CN2CCN[C@H](C)C2)ccc1SC. The summed E-state index contributed by atoms with van der Waals surface area (Å²) in [5, 5.41) is 3.47. The van der Waals surface area contributed by atoms with Gasteiger partial charge in [0.2, 0.25) is 0 Å². The number of ether oxygens (including phenoxy) is 1. The minimum absolute atomic E-state index is 0.589. The molecule has 0 unspecified atom stereocenters. The zero-order valence-corrected chi connectivity index (χ0v) is 12.2. The van der Waals surface area contributed by atoms with Gasteiger partial charge in [0.15, 0.2) is 0 Å². The van der Waals surface area contributed by atoms with E-state index in [1.807, 2.05) is 0 Å². The maximum Gasteiger partial charge on any atom is 0.132 e. The van der Waals surface area contributed by atoms with Crippen LogP contribution in [0.2, 0.25) is 0 Å². The van der Waals surface area contributed by atoms with Crippen LogP contribution in [0, 0.1) is 0 Å². The van der Waals surface area contributed by atoms with Crippen molar-refractivity contribution in [3.63, 3.8) is 0 Å². The van der Waals surface area contributed by atoms with E-state index in [9.17, 15) is 0 Å². The number of piperazine rings is 1. The molecule has 1 fully saturated rings. The van der Waals surface area contributed by atoms with Crippen LogP contribution in [0.4, 0.5) is 0 Å². The molecule has 0 radical (unpaired) electrons. The van der Waals surface area contributed by atoms with E-state index < -0.39 is 0 Å². The smallest absolute Gasteiger partial charge is 0.132 e. The molecule has 1 aliphatic heterocycles. The summed E-state index contributed by atoms with van der Waals surface area (Å²) >= 11 is 1.73. The first kappa shape index (κ1) is 13.7. The van der Waals surface area contributed by atoms with E-state index in [1.165, 1.54) is 10.5 Å². The number of hydrogen-bond acceptors (Lipinski definition) is 4. The molecule has 0 saturated carbocycles. The van der Waals surface area contributed by atoms with Crippen molar-refractivity contribution in [2.45, 2.75) is 24.4 Å². The van der Waals surface area contributed by atoms with Crippen molar-refractivity contribution in [2.75, 3.05) is 33.0 Å². The molecule has 0 spiro atoms. The minimum Gasteiger partial charge on any atom is -0.496 e. The van der Waals surface area contributed by atoms with Gasteiger partial charge in [-0.1, -0.05) is 6.07 Å². The highest BCUT2D eigenvalue weighted by molar-refractivity contribution is 7.98. The summed E-state index contributed by atoms with van der Waals surface area (Å²) < 4.78 is 5.44. The lowest BCUT2D eigenvalue weighted by atomic mass is 10.1. The van der Waals surface area contributed by atoms with Crippen molar-refractivity contribution in [3.8, 4) is 5.75 Å². The van der Waals surface area contributed by atoms with Crippen LogP contribution in [0.15, 0.2) is 23.1 Å². The summed E-state index contributed by atoms with van der Waals surface area (Å²) in [6, 6.07) is 7.12. The molecule has 1 atom stereocenters. The molecule has 18 heavy (non-hydrogen) atoms. The van der Waals surface area contributed by atoms with Crippen LogP contribution in [-0.2, 0) is 6.54 Å². The summed E-state index contributed by atoms with van der Waals surface area (Å²) in [6.07, 6.45) is 2.08. The Hall–Kier alpha value is -0.710. The Labute approximate surface area is 114 Å². The van der Waals surface area contributed by atoms with Gasteiger partial charge in [-0.3, -0.25) is 4.90 Å². The van der Waals surface area contributed by atoms with E-state index in [0.29, 0.717) is 6.04 Å². The van der Waals surface area contributed by atoms with E-state index in [-0.39, 0.29) is 0 Å². The van der Waals surface area contributed by atoms with Gasteiger partial charge in [0, 0.05) is 37.1 Å². The lowest BCUT2D eigenvalue weighted by molar-refractivity contribution is 0.199. The van der Waals surface area contributed by atoms with Crippen molar-refractivity contribution in [1.29, 1.82) is 0 Å². The molecule has 100 valence electrons. The number of hydrogen-bond donors (Lipinski definition) is 1. The third-order valence-corrected chi connectivity index (χ3v) is 4.08. The molecule has 1 aromatic carbocycles. The molecule has 0 amide bonds. The molecule has 1 aliphatic rings. The number of nitrogens with zero attached hydrogens (tertiary/aromatic N) is 1. The number of benzene rings is 1. The summed E-state index contributed by atoms with van der Waals surface area (Å²) in [6.45, 7) is 6.57. The Morgan fingerprint density at radius 3 is 3.00 bits per heavy atom. The van der Waals surface area contributed by atoms with Gasteiger partial charge in [0.25, 0.3) is 0 Å².